The molecule has 1 aromatic rings. The molecule has 21 heavy (non-hydrogen) atoms. The van der Waals surface area contributed by atoms with Crippen molar-refractivity contribution in [1.29, 1.82) is 0 Å². The summed E-state index contributed by atoms with van der Waals surface area (Å²) < 4.78 is 48.0. The summed E-state index contributed by atoms with van der Waals surface area (Å²) in [5.74, 6) is 1.34. The first-order valence-electron chi connectivity index (χ1n) is 6.65. The number of rotatable bonds is 5. The standard InChI is InChI=1S/C14H18F3NO2S/c1-9(7-14(15,16)17)18-8-10-5-11-12(6-13(10)21-2)20-4-3-19-11/h5-6,9,18H,3-4,7-8H2,1-2H3. The van der Waals surface area contributed by atoms with E-state index in [9.17, 15) is 13.2 Å². The second-order valence-electron chi connectivity index (χ2n) is 4.91. The molecule has 0 spiro atoms. The summed E-state index contributed by atoms with van der Waals surface area (Å²) in [4.78, 5) is 0.978. The van der Waals surface area contributed by atoms with Crippen LogP contribution in [0.15, 0.2) is 17.0 Å². The van der Waals surface area contributed by atoms with E-state index >= 15 is 0 Å². The first-order valence-corrected chi connectivity index (χ1v) is 7.88. The predicted molar refractivity (Wildman–Crippen MR) is 76.2 cm³/mol. The van der Waals surface area contributed by atoms with Gasteiger partial charge in [0.05, 0.1) is 6.42 Å². The average Bonchev–Trinajstić information content (AvgIpc) is 2.42. The number of fused-ring (bicyclic) bond motifs is 1. The molecule has 3 nitrogen and oxygen atoms in total. The molecule has 0 saturated heterocycles. The van der Waals surface area contributed by atoms with E-state index < -0.39 is 18.6 Å². The van der Waals surface area contributed by atoms with Crippen LogP contribution >= 0.6 is 11.8 Å². The average molecular weight is 321 g/mol. The molecule has 1 atom stereocenters. The van der Waals surface area contributed by atoms with Gasteiger partial charge in [-0.3, -0.25) is 0 Å². The quantitative estimate of drug-likeness (QED) is 0.839. The van der Waals surface area contributed by atoms with E-state index in [1.54, 1.807) is 0 Å². The van der Waals surface area contributed by atoms with Gasteiger partial charge < -0.3 is 14.8 Å². The normalized spacial score (nSPS) is 15.9. The monoisotopic (exact) mass is 321 g/mol. The third-order valence-corrected chi connectivity index (χ3v) is 3.94. The fourth-order valence-electron chi connectivity index (χ4n) is 2.14. The van der Waals surface area contributed by atoms with Crippen molar-refractivity contribution in [3.63, 3.8) is 0 Å². The number of alkyl halides is 3. The topological polar surface area (TPSA) is 30.5 Å². The largest absolute Gasteiger partial charge is 0.486 e. The lowest BCUT2D eigenvalue weighted by Crippen LogP contribution is -2.31. The zero-order chi connectivity index (χ0) is 15.5. The van der Waals surface area contributed by atoms with Crippen molar-refractivity contribution in [2.45, 2.75) is 37.0 Å². The third kappa shape index (κ3) is 4.71. The van der Waals surface area contributed by atoms with Crippen molar-refractivity contribution in [2.24, 2.45) is 0 Å². The second kappa shape index (κ2) is 6.79. The zero-order valence-corrected chi connectivity index (χ0v) is 12.7. The van der Waals surface area contributed by atoms with E-state index in [1.807, 2.05) is 18.4 Å². The Balaban J connectivity index is 2.05. The van der Waals surface area contributed by atoms with Crippen LogP contribution in [0.3, 0.4) is 0 Å². The van der Waals surface area contributed by atoms with E-state index in [-0.39, 0.29) is 0 Å². The van der Waals surface area contributed by atoms with Crippen LogP contribution in [0.4, 0.5) is 13.2 Å². The number of nitrogens with one attached hydrogen (secondary N) is 1. The molecule has 2 rings (SSSR count). The highest BCUT2D eigenvalue weighted by molar-refractivity contribution is 7.98. The Morgan fingerprint density at radius 1 is 1.24 bits per heavy atom. The van der Waals surface area contributed by atoms with Crippen molar-refractivity contribution >= 4 is 11.8 Å². The maximum atomic E-state index is 12.3. The van der Waals surface area contributed by atoms with Gasteiger partial charge in [0, 0.05) is 17.5 Å². The predicted octanol–water partition coefficient (Wildman–Crippen LogP) is 3.61. The molecule has 0 saturated carbocycles. The Labute approximate surface area is 126 Å². The summed E-state index contributed by atoms with van der Waals surface area (Å²) in [7, 11) is 0. The van der Waals surface area contributed by atoms with Gasteiger partial charge in [-0.2, -0.15) is 13.2 Å². The van der Waals surface area contributed by atoms with E-state index in [4.69, 9.17) is 9.47 Å². The summed E-state index contributed by atoms with van der Waals surface area (Å²) in [6, 6.07) is 3.09. The van der Waals surface area contributed by atoms with Crippen molar-refractivity contribution in [3.8, 4) is 11.5 Å². The molecule has 0 bridgehead atoms. The Bertz CT molecular complexity index is 494. The Morgan fingerprint density at radius 2 is 1.86 bits per heavy atom. The highest BCUT2D eigenvalue weighted by Crippen LogP contribution is 2.36. The molecular weight excluding hydrogens is 303 g/mol. The lowest BCUT2D eigenvalue weighted by Gasteiger charge is -2.22. The Kier molecular flexibility index (Phi) is 5.27. The number of hydrogen-bond donors (Lipinski definition) is 1. The SMILES string of the molecule is CSc1cc2c(cc1CNC(C)CC(F)(F)F)OCCO2. The van der Waals surface area contributed by atoms with Gasteiger partial charge in [0.25, 0.3) is 0 Å². The fraction of sp³-hybridized carbons (Fsp3) is 0.571. The van der Waals surface area contributed by atoms with Gasteiger partial charge in [0.15, 0.2) is 11.5 Å². The van der Waals surface area contributed by atoms with Crippen molar-refractivity contribution in [3.05, 3.63) is 17.7 Å². The molecule has 7 heteroatoms. The van der Waals surface area contributed by atoms with Gasteiger partial charge in [-0.05, 0) is 30.9 Å². The smallest absolute Gasteiger partial charge is 0.390 e. The molecule has 1 unspecified atom stereocenters. The number of thioether (sulfide) groups is 1. The molecule has 1 aliphatic rings. The van der Waals surface area contributed by atoms with Crippen LogP contribution in [0.1, 0.15) is 18.9 Å². The van der Waals surface area contributed by atoms with Crippen molar-refractivity contribution in [2.75, 3.05) is 19.5 Å². The molecule has 1 aliphatic heterocycles. The summed E-state index contributed by atoms with van der Waals surface area (Å²) >= 11 is 1.54. The van der Waals surface area contributed by atoms with Crippen molar-refractivity contribution in [1.82, 2.24) is 5.32 Å². The summed E-state index contributed by atoms with van der Waals surface area (Å²) in [5.41, 5.74) is 0.917. The summed E-state index contributed by atoms with van der Waals surface area (Å²) in [6.45, 7) is 2.90. The van der Waals surface area contributed by atoms with E-state index in [0.717, 1.165) is 10.5 Å². The van der Waals surface area contributed by atoms with Gasteiger partial charge in [-0.1, -0.05) is 0 Å². The molecule has 1 heterocycles. The van der Waals surface area contributed by atoms with Crippen molar-refractivity contribution < 1.29 is 22.6 Å². The van der Waals surface area contributed by atoms with Gasteiger partial charge in [-0.25, -0.2) is 0 Å². The second-order valence-corrected chi connectivity index (χ2v) is 5.76. The van der Waals surface area contributed by atoms with Crippen LogP contribution in [-0.2, 0) is 6.54 Å². The first kappa shape index (κ1) is 16.3. The third-order valence-electron chi connectivity index (χ3n) is 3.12. The summed E-state index contributed by atoms with van der Waals surface area (Å²) in [6.07, 6.45) is -3.07. The molecule has 1 aromatic carbocycles. The molecule has 0 aliphatic carbocycles. The molecular formula is C14H18F3NO2S. The minimum atomic E-state index is -4.15. The lowest BCUT2D eigenvalue weighted by molar-refractivity contribution is -0.139. The van der Waals surface area contributed by atoms with Crippen LogP contribution in [0.5, 0.6) is 11.5 Å². The Morgan fingerprint density at radius 3 is 2.43 bits per heavy atom. The minimum Gasteiger partial charge on any atom is -0.486 e. The molecule has 0 fully saturated rings. The molecule has 0 aromatic heterocycles. The maximum absolute atomic E-state index is 12.3. The number of ether oxygens (including phenoxy) is 2. The Hall–Kier alpha value is -1.08. The number of hydrogen-bond acceptors (Lipinski definition) is 4. The fourth-order valence-corrected chi connectivity index (χ4v) is 2.76. The van der Waals surface area contributed by atoms with Crippen LogP contribution < -0.4 is 14.8 Å². The van der Waals surface area contributed by atoms with Crippen LogP contribution in [0, 0.1) is 0 Å². The van der Waals surface area contributed by atoms with Gasteiger partial charge in [0.1, 0.15) is 13.2 Å². The van der Waals surface area contributed by atoms with Gasteiger partial charge in [-0.15, -0.1) is 11.8 Å². The van der Waals surface area contributed by atoms with Crippen LogP contribution in [0.25, 0.3) is 0 Å². The zero-order valence-electron chi connectivity index (χ0n) is 11.9. The molecule has 0 radical (unpaired) electrons. The highest BCUT2D eigenvalue weighted by Gasteiger charge is 2.29. The molecule has 0 amide bonds. The molecule has 118 valence electrons. The first-order chi connectivity index (χ1) is 9.89. The minimum absolute atomic E-state index is 0.365. The van der Waals surface area contributed by atoms with E-state index in [0.29, 0.717) is 31.3 Å². The highest BCUT2D eigenvalue weighted by atomic mass is 32.2. The van der Waals surface area contributed by atoms with E-state index in [1.165, 1.54) is 18.7 Å². The van der Waals surface area contributed by atoms with Crippen LogP contribution in [-0.4, -0.2) is 31.7 Å². The van der Waals surface area contributed by atoms with Crippen LogP contribution in [0.2, 0.25) is 0 Å². The maximum Gasteiger partial charge on any atom is 0.390 e. The number of halogens is 3. The molecule has 1 N–H and O–H groups in total. The summed E-state index contributed by atoms with van der Waals surface area (Å²) in [5, 5.41) is 2.91. The lowest BCUT2D eigenvalue weighted by atomic mass is 10.1. The number of benzene rings is 1. The van der Waals surface area contributed by atoms with E-state index in [2.05, 4.69) is 5.32 Å². The van der Waals surface area contributed by atoms with Gasteiger partial charge >= 0.3 is 6.18 Å². The van der Waals surface area contributed by atoms with Gasteiger partial charge in [0.2, 0.25) is 0 Å².